The van der Waals surface area contributed by atoms with Crippen LogP contribution in [-0.4, -0.2) is 95.1 Å². The van der Waals surface area contributed by atoms with Gasteiger partial charge in [0.25, 0.3) is 0 Å². The van der Waals surface area contributed by atoms with Crippen LogP contribution in [0.1, 0.15) is 128 Å². The van der Waals surface area contributed by atoms with Crippen LogP contribution in [0.25, 0.3) is 11.0 Å². The number of rotatable bonds is 12. The van der Waals surface area contributed by atoms with E-state index in [-0.39, 0.29) is 53.1 Å². The van der Waals surface area contributed by atoms with Gasteiger partial charge in [-0.1, -0.05) is 78.8 Å². The van der Waals surface area contributed by atoms with Gasteiger partial charge in [-0.15, -0.1) is 0 Å². The average molecular weight is 891 g/mol. The van der Waals surface area contributed by atoms with E-state index in [0.29, 0.717) is 31.6 Å². The van der Waals surface area contributed by atoms with Crippen LogP contribution >= 0.6 is 0 Å². The maximum Gasteiger partial charge on any atom is 0.407 e. The third-order valence-electron chi connectivity index (χ3n) is 13.4. The summed E-state index contributed by atoms with van der Waals surface area (Å²) in [7, 11) is 2.55. The Hall–Kier alpha value is -6.12. The Balaban J connectivity index is 1.12. The molecule has 2 unspecified atom stereocenters. The summed E-state index contributed by atoms with van der Waals surface area (Å²) in [5, 5.41) is 8.43. The number of hydrogen-bond donors (Lipinski definition) is 4. The summed E-state index contributed by atoms with van der Waals surface area (Å²) in [6.45, 7) is 15.2. The van der Waals surface area contributed by atoms with E-state index in [9.17, 15) is 24.0 Å². The number of fused-ring (bicyclic) bond motifs is 1. The van der Waals surface area contributed by atoms with Crippen molar-refractivity contribution in [3.63, 3.8) is 0 Å². The van der Waals surface area contributed by atoms with E-state index in [1.54, 1.807) is 4.90 Å². The lowest BCUT2D eigenvalue weighted by molar-refractivity contribution is -0.139. The van der Waals surface area contributed by atoms with Gasteiger partial charge >= 0.3 is 12.2 Å². The molecule has 4 aromatic rings. The van der Waals surface area contributed by atoms with E-state index in [1.807, 2.05) is 44.7 Å². The molecule has 4 heterocycles. The molecule has 0 spiro atoms. The molecule has 5 amide bonds. The second-order valence-corrected chi connectivity index (χ2v) is 19.4. The summed E-state index contributed by atoms with van der Waals surface area (Å²) in [5.41, 5.74) is 6.98. The molecule has 6 atom stereocenters. The number of alkyl carbamates (subject to hydrolysis) is 2. The second kappa shape index (κ2) is 19.5. The number of carbonyl (C=O) groups is 5. The van der Waals surface area contributed by atoms with Crippen molar-refractivity contribution >= 4 is 52.3 Å². The van der Waals surface area contributed by atoms with Crippen LogP contribution < -0.4 is 20.9 Å². The van der Waals surface area contributed by atoms with Crippen LogP contribution in [-0.2, 0) is 29.3 Å². The van der Waals surface area contributed by atoms with Crippen LogP contribution in [0.15, 0.2) is 66.7 Å². The smallest absolute Gasteiger partial charge is 0.407 e. The van der Waals surface area contributed by atoms with Crippen LogP contribution in [0.5, 0.6) is 0 Å². The SMILES string of the molecule is COC(=O)N[C@H](C(=O)N1CCC[C@H]1C(=O)Nc1ccc(C2CCC(c3ccc4[nH]c([C@@H]5CCCN5C(=O)[C@@H](NC(=O)OC)C(C)C)nc4c3)N2c2ccc(C(C)(C)C)cc2)cc1)C(C)C. The number of anilines is 2. The summed E-state index contributed by atoms with van der Waals surface area (Å²) in [6, 6.07) is 21.0. The summed E-state index contributed by atoms with van der Waals surface area (Å²) in [4.78, 5) is 79.9. The maximum absolute atomic E-state index is 13.9. The molecule has 3 aliphatic heterocycles. The first-order valence-electron chi connectivity index (χ1n) is 23.1. The van der Waals surface area contributed by atoms with Crippen molar-refractivity contribution in [1.82, 2.24) is 30.4 Å². The van der Waals surface area contributed by atoms with Crippen LogP contribution in [0, 0.1) is 11.8 Å². The molecule has 0 saturated carbocycles. The van der Waals surface area contributed by atoms with Crippen molar-refractivity contribution in [3.8, 4) is 0 Å². The lowest BCUT2D eigenvalue weighted by Crippen LogP contribution is -2.54. The number of H-pyrrole nitrogens is 1. The van der Waals surface area contributed by atoms with E-state index in [1.165, 1.54) is 19.8 Å². The zero-order valence-corrected chi connectivity index (χ0v) is 39.3. The van der Waals surface area contributed by atoms with Crippen molar-refractivity contribution in [2.45, 2.75) is 129 Å². The quantitative estimate of drug-likeness (QED) is 0.109. The van der Waals surface area contributed by atoms with Gasteiger partial charge in [-0.05, 0) is 109 Å². The molecule has 3 saturated heterocycles. The van der Waals surface area contributed by atoms with Crippen molar-refractivity contribution in [1.29, 1.82) is 0 Å². The highest BCUT2D eigenvalue weighted by Gasteiger charge is 2.41. The Bertz CT molecular complexity index is 2360. The fourth-order valence-electron chi connectivity index (χ4n) is 9.75. The molecule has 15 nitrogen and oxygen atoms in total. The molecule has 0 aliphatic carbocycles. The Labute approximate surface area is 382 Å². The fraction of sp³-hybridized carbons (Fsp3) is 0.520. The minimum absolute atomic E-state index is 0.00271. The Kier molecular flexibility index (Phi) is 14.1. The van der Waals surface area contributed by atoms with Crippen molar-refractivity contribution in [2.24, 2.45) is 11.8 Å². The number of methoxy groups -OCH3 is 2. The monoisotopic (exact) mass is 891 g/mol. The molecular weight excluding hydrogens is 825 g/mol. The van der Waals surface area contributed by atoms with Crippen LogP contribution in [0.2, 0.25) is 0 Å². The zero-order chi connectivity index (χ0) is 46.7. The van der Waals surface area contributed by atoms with Gasteiger partial charge in [0, 0.05) is 24.5 Å². The minimum Gasteiger partial charge on any atom is -0.453 e. The van der Waals surface area contributed by atoms with Crippen molar-refractivity contribution in [2.75, 3.05) is 37.5 Å². The third-order valence-corrected chi connectivity index (χ3v) is 13.4. The van der Waals surface area contributed by atoms with E-state index in [2.05, 4.69) is 101 Å². The Morgan fingerprint density at radius 2 is 1.25 bits per heavy atom. The van der Waals surface area contributed by atoms with Gasteiger partial charge in [0.2, 0.25) is 17.7 Å². The van der Waals surface area contributed by atoms with Gasteiger partial charge in [-0.3, -0.25) is 14.4 Å². The largest absolute Gasteiger partial charge is 0.453 e. The number of likely N-dealkylation sites (tertiary alicyclic amines) is 2. The maximum atomic E-state index is 13.9. The topological polar surface area (TPSA) is 178 Å². The predicted molar refractivity (Wildman–Crippen MR) is 250 cm³/mol. The molecule has 4 N–H and O–H groups in total. The number of amides is 5. The first kappa shape index (κ1) is 46.9. The number of imidazole rings is 1. The number of aromatic nitrogens is 2. The molecule has 0 radical (unpaired) electrons. The molecule has 3 aromatic carbocycles. The second-order valence-electron chi connectivity index (χ2n) is 19.4. The minimum atomic E-state index is -0.807. The summed E-state index contributed by atoms with van der Waals surface area (Å²) >= 11 is 0. The molecule has 65 heavy (non-hydrogen) atoms. The van der Waals surface area contributed by atoms with E-state index < -0.39 is 30.3 Å². The van der Waals surface area contributed by atoms with Gasteiger partial charge < -0.3 is 45.1 Å². The summed E-state index contributed by atoms with van der Waals surface area (Å²) in [5.74, 6) is -0.289. The molecule has 3 aliphatic rings. The van der Waals surface area contributed by atoms with Gasteiger partial charge in [0.05, 0.1) is 43.4 Å². The van der Waals surface area contributed by atoms with Crippen LogP contribution in [0.4, 0.5) is 21.0 Å². The molecule has 0 bridgehead atoms. The van der Waals surface area contributed by atoms with Crippen LogP contribution in [0.3, 0.4) is 0 Å². The molecule has 15 heteroatoms. The molecule has 3 fully saturated rings. The van der Waals surface area contributed by atoms with E-state index in [0.717, 1.165) is 59.4 Å². The standard InChI is InChI=1S/C50H66N8O7/c1-29(2)42(54-48(62)64-8)46(60)56-26-10-12-40(56)44-52-36-23-16-32(28-37(36)53-44)39-25-24-38(58(39)35-21-17-33(18-22-35)50(5,6)7)31-14-19-34(20-15-31)51-45(59)41-13-11-27-57(41)47(61)43(30(3)4)55-49(63)65-9/h14-23,28-30,38-43H,10-13,24-27H2,1-9H3,(H,51,59)(H,52,53)(H,54,62)(H,55,63)/t38?,39?,40-,41-,42-,43-/m0/s1. The van der Waals surface area contributed by atoms with Gasteiger partial charge in [-0.25, -0.2) is 14.6 Å². The van der Waals surface area contributed by atoms with E-state index in [4.69, 9.17) is 14.5 Å². The molecule has 348 valence electrons. The lowest BCUT2D eigenvalue weighted by Gasteiger charge is -2.34. The van der Waals surface area contributed by atoms with Gasteiger partial charge in [0.1, 0.15) is 23.9 Å². The molecular formula is C50H66N8O7. The third kappa shape index (κ3) is 10.1. The number of hydrogen-bond acceptors (Lipinski definition) is 9. The highest BCUT2D eigenvalue weighted by atomic mass is 16.5. The number of ether oxygens (including phenoxy) is 2. The van der Waals surface area contributed by atoms with E-state index >= 15 is 0 Å². The first-order chi connectivity index (χ1) is 31.0. The fourth-order valence-corrected chi connectivity index (χ4v) is 9.75. The lowest BCUT2D eigenvalue weighted by atomic mass is 9.87. The number of aromatic amines is 1. The number of nitrogens with zero attached hydrogens (tertiary/aromatic N) is 4. The summed E-state index contributed by atoms with van der Waals surface area (Å²) in [6.07, 6.45) is 3.29. The highest BCUT2D eigenvalue weighted by Crippen LogP contribution is 2.48. The number of benzene rings is 3. The zero-order valence-electron chi connectivity index (χ0n) is 39.3. The highest BCUT2D eigenvalue weighted by molar-refractivity contribution is 5.98. The van der Waals surface area contributed by atoms with Crippen molar-refractivity contribution in [3.05, 3.63) is 89.2 Å². The molecule has 1 aromatic heterocycles. The number of carbonyl (C=O) groups excluding carboxylic acids is 5. The number of nitrogens with one attached hydrogen (secondary N) is 4. The summed E-state index contributed by atoms with van der Waals surface area (Å²) < 4.78 is 9.57. The van der Waals surface area contributed by atoms with Gasteiger partial charge in [-0.2, -0.15) is 0 Å². The van der Waals surface area contributed by atoms with Crippen molar-refractivity contribution < 1.29 is 33.4 Å². The predicted octanol–water partition coefficient (Wildman–Crippen LogP) is 8.30. The molecule has 7 rings (SSSR count). The first-order valence-corrected chi connectivity index (χ1v) is 23.1. The Morgan fingerprint density at radius 1 is 0.692 bits per heavy atom. The van der Waals surface area contributed by atoms with Gasteiger partial charge in [0.15, 0.2) is 0 Å². The Morgan fingerprint density at radius 3 is 1.83 bits per heavy atom. The average Bonchev–Trinajstić information content (AvgIpc) is 4.12. The normalized spacial score (nSPS) is 20.9.